The Morgan fingerprint density at radius 3 is 3.00 bits per heavy atom. The highest BCUT2D eigenvalue weighted by molar-refractivity contribution is 5.74. The molecule has 0 aliphatic rings. The number of aryl methyl sites for hydroxylation is 1. The van der Waals surface area contributed by atoms with Crippen molar-refractivity contribution in [2.75, 3.05) is 5.32 Å². The average molecular weight is 228 g/mol. The number of benzene rings is 1. The van der Waals surface area contributed by atoms with Gasteiger partial charge in [-0.25, -0.2) is 0 Å². The minimum absolute atomic E-state index is 0.488. The quantitative estimate of drug-likeness (QED) is 0.748. The van der Waals surface area contributed by atoms with E-state index in [1.165, 1.54) is 0 Å². The molecule has 0 aliphatic carbocycles. The molecule has 3 aromatic rings. The Kier molecular flexibility index (Phi) is 2.29. The van der Waals surface area contributed by atoms with E-state index in [1.807, 2.05) is 42.1 Å². The summed E-state index contributed by atoms with van der Waals surface area (Å²) in [5.74, 6) is 0. The number of nitrogens with one attached hydrogen (secondary N) is 1. The van der Waals surface area contributed by atoms with Crippen LogP contribution < -0.4 is 5.32 Å². The second-order valence-electron chi connectivity index (χ2n) is 3.70. The lowest BCUT2D eigenvalue weighted by molar-refractivity contribution is 0.623. The summed E-state index contributed by atoms with van der Waals surface area (Å²) in [7, 11) is 0. The van der Waals surface area contributed by atoms with E-state index in [0.29, 0.717) is 6.01 Å². The molecule has 0 atom stereocenters. The van der Waals surface area contributed by atoms with E-state index in [0.717, 1.165) is 23.3 Å². The topological polar surface area (TPSA) is 55.9 Å². The Morgan fingerprint density at radius 1 is 1.35 bits per heavy atom. The van der Waals surface area contributed by atoms with Crippen LogP contribution in [0.5, 0.6) is 0 Å². The molecule has 0 bridgehead atoms. The van der Waals surface area contributed by atoms with Crippen LogP contribution in [0.2, 0.25) is 0 Å². The second-order valence-corrected chi connectivity index (χ2v) is 3.70. The molecule has 0 fully saturated rings. The van der Waals surface area contributed by atoms with Crippen LogP contribution in [0.1, 0.15) is 6.92 Å². The Hall–Kier alpha value is -2.30. The van der Waals surface area contributed by atoms with Crippen LogP contribution in [-0.4, -0.2) is 14.8 Å². The summed E-state index contributed by atoms with van der Waals surface area (Å²) in [6.07, 6.45) is 3.66. The van der Waals surface area contributed by atoms with Gasteiger partial charge >= 0.3 is 0 Å². The maximum Gasteiger partial charge on any atom is 0.300 e. The molecule has 1 aromatic carbocycles. The molecule has 17 heavy (non-hydrogen) atoms. The molecular weight excluding hydrogens is 216 g/mol. The van der Waals surface area contributed by atoms with Crippen molar-refractivity contribution in [1.82, 2.24) is 14.8 Å². The van der Waals surface area contributed by atoms with Gasteiger partial charge in [0.15, 0.2) is 5.58 Å². The monoisotopic (exact) mass is 228 g/mol. The third-order valence-electron chi connectivity index (χ3n) is 2.50. The molecule has 0 aliphatic heterocycles. The summed E-state index contributed by atoms with van der Waals surface area (Å²) in [4.78, 5) is 4.33. The van der Waals surface area contributed by atoms with Gasteiger partial charge in [-0.15, -0.1) is 0 Å². The van der Waals surface area contributed by atoms with Crippen LogP contribution in [0.4, 0.5) is 11.7 Å². The van der Waals surface area contributed by atoms with E-state index in [9.17, 15) is 0 Å². The maximum absolute atomic E-state index is 5.56. The van der Waals surface area contributed by atoms with E-state index in [4.69, 9.17) is 4.42 Å². The van der Waals surface area contributed by atoms with Gasteiger partial charge < -0.3 is 9.73 Å². The lowest BCUT2D eigenvalue weighted by Gasteiger charge is -1.95. The number of oxazole rings is 1. The maximum atomic E-state index is 5.56. The zero-order valence-electron chi connectivity index (χ0n) is 9.42. The molecule has 0 saturated heterocycles. The molecule has 86 valence electrons. The van der Waals surface area contributed by atoms with Gasteiger partial charge in [-0.2, -0.15) is 10.1 Å². The van der Waals surface area contributed by atoms with E-state index in [-0.39, 0.29) is 0 Å². The summed E-state index contributed by atoms with van der Waals surface area (Å²) in [5, 5.41) is 7.26. The van der Waals surface area contributed by atoms with Gasteiger partial charge in [0, 0.05) is 12.7 Å². The molecule has 5 nitrogen and oxygen atoms in total. The van der Waals surface area contributed by atoms with Gasteiger partial charge in [0.2, 0.25) is 0 Å². The smallest absolute Gasteiger partial charge is 0.300 e. The molecule has 0 amide bonds. The molecular formula is C12H12N4O. The van der Waals surface area contributed by atoms with Crippen molar-refractivity contribution < 1.29 is 4.42 Å². The summed E-state index contributed by atoms with van der Waals surface area (Å²) < 4.78 is 7.39. The SMILES string of the molecule is CCn1cc(Nc2nc3ccccc3o2)cn1. The molecule has 2 heterocycles. The lowest BCUT2D eigenvalue weighted by Crippen LogP contribution is -1.92. The van der Waals surface area contributed by atoms with E-state index >= 15 is 0 Å². The predicted molar refractivity (Wildman–Crippen MR) is 65.2 cm³/mol. The summed E-state index contributed by atoms with van der Waals surface area (Å²) in [5.41, 5.74) is 2.49. The van der Waals surface area contributed by atoms with Crippen molar-refractivity contribution in [3.05, 3.63) is 36.7 Å². The first-order valence-corrected chi connectivity index (χ1v) is 5.50. The highest BCUT2D eigenvalue weighted by Crippen LogP contribution is 2.21. The largest absolute Gasteiger partial charge is 0.423 e. The second kappa shape index (κ2) is 3.93. The van der Waals surface area contributed by atoms with Gasteiger partial charge in [0.1, 0.15) is 5.52 Å². The Bertz CT molecular complexity index is 608. The van der Waals surface area contributed by atoms with Crippen molar-refractivity contribution in [1.29, 1.82) is 0 Å². The minimum Gasteiger partial charge on any atom is -0.423 e. The molecule has 0 radical (unpaired) electrons. The molecule has 0 spiro atoms. The van der Waals surface area contributed by atoms with Gasteiger partial charge in [-0.1, -0.05) is 12.1 Å². The number of para-hydroxylation sites is 2. The van der Waals surface area contributed by atoms with Crippen molar-refractivity contribution in [2.24, 2.45) is 0 Å². The van der Waals surface area contributed by atoms with Crippen molar-refractivity contribution in [3.8, 4) is 0 Å². The fourth-order valence-electron chi connectivity index (χ4n) is 1.65. The Balaban J connectivity index is 1.89. The summed E-state index contributed by atoms with van der Waals surface area (Å²) in [6.45, 7) is 2.88. The van der Waals surface area contributed by atoms with Crippen LogP contribution in [0.25, 0.3) is 11.1 Å². The molecule has 1 N–H and O–H groups in total. The first kappa shape index (κ1) is 9.89. The first-order valence-electron chi connectivity index (χ1n) is 5.50. The van der Waals surface area contributed by atoms with E-state index in [2.05, 4.69) is 15.4 Å². The Morgan fingerprint density at radius 2 is 2.24 bits per heavy atom. The number of aromatic nitrogens is 3. The number of hydrogen-bond acceptors (Lipinski definition) is 4. The fraction of sp³-hybridized carbons (Fsp3) is 0.167. The normalized spacial score (nSPS) is 10.9. The highest BCUT2D eigenvalue weighted by Gasteiger charge is 2.05. The predicted octanol–water partition coefficient (Wildman–Crippen LogP) is 2.79. The van der Waals surface area contributed by atoms with Crippen molar-refractivity contribution in [2.45, 2.75) is 13.5 Å². The van der Waals surface area contributed by atoms with E-state index in [1.54, 1.807) is 6.20 Å². The number of anilines is 2. The lowest BCUT2D eigenvalue weighted by atomic mass is 10.3. The standard InChI is InChI=1S/C12H12N4O/c1-2-16-8-9(7-13-16)14-12-15-10-5-3-4-6-11(10)17-12/h3-8H,2H2,1H3,(H,14,15). The number of rotatable bonds is 3. The minimum atomic E-state index is 0.488. The number of fused-ring (bicyclic) bond motifs is 1. The molecule has 3 rings (SSSR count). The molecule has 5 heteroatoms. The van der Waals surface area contributed by atoms with Crippen LogP contribution in [0.3, 0.4) is 0 Å². The zero-order valence-corrected chi connectivity index (χ0v) is 9.42. The van der Waals surface area contributed by atoms with Gasteiger partial charge in [0.05, 0.1) is 11.9 Å². The van der Waals surface area contributed by atoms with E-state index < -0.39 is 0 Å². The third-order valence-corrected chi connectivity index (χ3v) is 2.50. The van der Waals surface area contributed by atoms with Crippen LogP contribution in [0.15, 0.2) is 41.1 Å². The highest BCUT2D eigenvalue weighted by atomic mass is 16.4. The molecule has 2 aromatic heterocycles. The fourth-order valence-corrected chi connectivity index (χ4v) is 1.65. The summed E-state index contributed by atoms with van der Waals surface area (Å²) in [6, 6.07) is 8.15. The van der Waals surface area contributed by atoms with Gasteiger partial charge in [0.25, 0.3) is 6.01 Å². The zero-order chi connectivity index (χ0) is 11.7. The van der Waals surface area contributed by atoms with Gasteiger partial charge in [-0.3, -0.25) is 4.68 Å². The first-order chi connectivity index (χ1) is 8.35. The summed E-state index contributed by atoms with van der Waals surface area (Å²) >= 11 is 0. The molecule has 0 saturated carbocycles. The van der Waals surface area contributed by atoms with Crippen LogP contribution in [-0.2, 0) is 6.54 Å². The van der Waals surface area contributed by atoms with Gasteiger partial charge in [-0.05, 0) is 19.1 Å². The van der Waals surface area contributed by atoms with Crippen LogP contribution >= 0.6 is 0 Å². The van der Waals surface area contributed by atoms with Crippen molar-refractivity contribution >= 4 is 22.8 Å². The average Bonchev–Trinajstić information content (AvgIpc) is 2.94. The third kappa shape index (κ3) is 1.87. The number of nitrogens with zero attached hydrogens (tertiary/aromatic N) is 3. The number of hydrogen-bond donors (Lipinski definition) is 1. The van der Waals surface area contributed by atoms with Crippen LogP contribution in [0, 0.1) is 0 Å². The Labute approximate surface area is 98.1 Å². The van der Waals surface area contributed by atoms with Crippen molar-refractivity contribution in [3.63, 3.8) is 0 Å². The molecule has 0 unspecified atom stereocenters.